The van der Waals surface area contributed by atoms with Gasteiger partial charge in [0, 0.05) is 11.5 Å². The number of nitrogens with one attached hydrogen (secondary N) is 1. The second-order valence-electron chi connectivity index (χ2n) is 3.32. The number of hydrogen-bond acceptors (Lipinski definition) is 4. The summed E-state index contributed by atoms with van der Waals surface area (Å²) in [6, 6.07) is 5.64. The summed E-state index contributed by atoms with van der Waals surface area (Å²) in [6.45, 7) is 3.24. The number of phenolic OH excluding ortho intramolecular Hbond substituents is 1. The van der Waals surface area contributed by atoms with Crippen LogP contribution in [0.1, 0.15) is 10.5 Å². The second kappa shape index (κ2) is 4.13. The van der Waals surface area contributed by atoms with E-state index in [9.17, 15) is 14.7 Å². The fourth-order valence-corrected chi connectivity index (χ4v) is 1.51. The van der Waals surface area contributed by atoms with Crippen LogP contribution in [0.25, 0.3) is 10.9 Å². The molecule has 0 fully saturated rings. The molecule has 0 aliphatic heterocycles. The van der Waals surface area contributed by atoms with E-state index in [2.05, 4.69) is 16.3 Å². The van der Waals surface area contributed by atoms with Gasteiger partial charge in [-0.1, -0.05) is 12.6 Å². The molecule has 5 nitrogen and oxygen atoms in total. The molecule has 0 aliphatic rings. The van der Waals surface area contributed by atoms with Crippen molar-refractivity contribution < 1.29 is 14.6 Å². The number of carbonyl (C=O) groups is 1. The van der Waals surface area contributed by atoms with E-state index in [4.69, 9.17) is 0 Å². The van der Waals surface area contributed by atoms with E-state index in [1.807, 2.05) is 0 Å². The summed E-state index contributed by atoms with van der Waals surface area (Å²) in [4.78, 5) is 25.8. The zero-order chi connectivity index (χ0) is 12.4. The predicted octanol–water partition coefficient (Wildman–Crippen LogP) is 1.53. The molecule has 2 aromatic rings. The van der Waals surface area contributed by atoms with Crippen LogP contribution in [-0.2, 0) is 4.74 Å². The summed E-state index contributed by atoms with van der Waals surface area (Å²) < 4.78 is 4.54. The Kier molecular flexibility index (Phi) is 2.66. The molecule has 0 atom stereocenters. The number of fused-ring (bicyclic) bond motifs is 1. The standard InChI is InChI=1S/C12H9NO4/c1-2-17-12(16)8-6-10(15)7-4-3-5-9(14)11(7)13-8/h2-6,14H,1H2,(H,13,15). The van der Waals surface area contributed by atoms with Gasteiger partial charge < -0.3 is 14.8 Å². The Morgan fingerprint density at radius 3 is 2.94 bits per heavy atom. The number of phenols is 1. The number of para-hydroxylation sites is 1. The normalized spacial score (nSPS) is 10.1. The van der Waals surface area contributed by atoms with Gasteiger partial charge in [0.1, 0.15) is 11.4 Å². The number of pyridine rings is 1. The van der Waals surface area contributed by atoms with E-state index in [-0.39, 0.29) is 22.4 Å². The smallest absolute Gasteiger partial charge is 0.359 e. The molecule has 1 aromatic heterocycles. The van der Waals surface area contributed by atoms with Crippen LogP contribution < -0.4 is 5.43 Å². The Morgan fingerprint density at radius 2 is 2.24 bits per heavy atom. The first-order valence-electron chi connectivity index (χ1n) is 4.80. The number of esters is 1. The lowest BCUT2D eigenvalue weighted by molar-refractivity contribution is 0.0658. The van der Waals surface area contributed by atoms with Gasteiger partial charge in [-0.15, -0.1) is 0 Å². The maximum absolute atomic E-state index is 11.7. The van der Waals surface area contributed by atoms with E-state index in [0.717, 1.165) is 12.3 Å². The van der Waals surface area contributed by atoms with Crippen molar-refractivity contribution >= 4 is 16.9 Å². The maximum atomic E-state index is 11.7. The van der Waals surface area contributed by atoms with Crippen LogP contribution in [0, 0.1) is 0 Å². The summed E-state index contributed by atoms with van der Waals surface area (Å²) in [7, 11) is 0. The number of aromatic nitrogens is 1. The van der Waals surface area contributed by atoms with Crippen molar-refractivity contribution in [3.63, 3.8) is 0 Å². The van der Waals surface area contributed by atoms with Crippen LogP contribution in [-0.4, -0.2) is 16.1 Å². The Morgan fingerprint density at radius 1 is 1.47 bits per heavy atom. The summed E-state index contributed by atoms with van der Waals surface area (Å²) in [5, 5.41) is 9.90. The molecule has 0 unspecified atom stereocenters. The summed E-state index contributed by atoms with van der Waals surface area (Å²) in [5.74, 6) is -0.838. The third kappa shape index (κ3) is 1.90. The van der Waals surface area contributed by atoms with Crippen molar-refractivity contribution in [3.8, 4) is 5.75 Å². The Balaban J connectivity index is 2.70. The molecule has 2 rings (SSSR count). The highest BCUT2D eigenvalue weighted by Gasteiger charge is 2.11. The molecular formula is C12H9NO4. The molecule has 0 bridgehead atoms. The van der Waals surface area contributed by atoms with Gasteiger partial charge in [-0.05, 0) is 12.1 Å². The molecular weight excluding hydrogens is 222 g/mol. The van der Waals surface area contributed by atoms with Gasteiger partial charge in [0.2, 0.25) is 0 Å². The predicted molar refractivity (Wildman–Crippen MR) is 61.8 cm³/mol. The van der Waals surface area contributed by atoms with Crippen LogP contribution in [0.4, 0.5) is 0 Å². The van der Waals surface area contributed by atoms with Crippen molar-refractivity contribution in [2.45, 2.75) is 0 Å². The SMILES string of the molecule is C=COC(=O)c1cc(=O)c2cccc(O)c2[nH]1. The van der Waals surface area contributed by atoms with Gasteiger partial charge in [0.25, 0.3) is 0 Å². The molecule has 1 aromatic carbocycles. The minimum atomic E-state index is -0.734. The van der Waals surface area contributed by atoms with Gasteiger partial charge in [0.05, 0.1) is 11.8 Å². The molecule has 1 heterocycles. The lowest BCUT2D eigenvalue weighted by Gasteiger charge is -2.03. The van der Waals surface area contributed by atoms with E-state index in [1.165, 1.54) is 6.07 Å². The Hall–Kier alpha value is -2.56. The number of aromatic amines is 1. The lowest BCUT2D eigenvalue weighted by atomic mass is 10.2. The molecule has 0 spiro atoms. The molecule has 17 heavy (non-hydrogen) atoms. The molecule has 0 saturated carbocycles. The quantitative estimate of drug-likeness (QED) is 0.606. The monoisotopic (exact) mass is 231 g/mol. The fraction of sp³-hybridized carbons (Fsp3) is 0. The van der Waals surface area contributed by atoms with Gasteiger partial charge in [0.15, 0.2) is 5.43 Å². The third-order valence-electron chi connectivity index (χ3n) is 2.25. The van der Waals surface area contributed by atoms with Crippen molar-refractivity contribution in [3.05, 3.63) is 53.0 Å². The minimum absolute atomic E-state index is 0.0381. The summed E-state index contributed by atoms with van der Waals surface area (Å²) >= 11 is 0. The number of rotatable bonds is 2. The van der Waals surface area contributed by atoms with Gasteiger partial charge in [-0.3, -0.25) is 4.79 Å². The zero-order valence-electron chi connectivity index (χ0n) is 8.77. The van der Waals surface area contributed by atoms with Crippen molar-refractivity contribution in [1.29, 1.82) is 0 Å². The number of H-pyrrole nitrogens is 1. The highest BCUT2D eigenvalue weighted by molar-refractivity contribution is 5.92. The number of carbonyl (C=O) groups excluding carboxylic acids is 1. The highest BCUT2D eigenvalue weighted by Crippen LogP contribution is 2.19. The van der Waals surface area contributed by atoms with E-state index in [1.54, 1.807) is 12.1 Å². The Bertz CT molecular complexity index is 657. The first kappa shape index (κ1) is 10.9. The first-order valence-corrected chi connectivity index (χ1v) is 4.80. The molecule has 0 aliphatic carbocycles. The summed E-state index contributed by atoms with van der Waals surface area (Å²) in [6.07, 6.45) is 0.968. The average Bonchev–Trinajstić information content (AvgIpc) is 2.30. The Labute approximate surface area is 96.0 Å². The molecule has 0 amide bonds. The molecule has 0 saturated heterocycles. The van der Waals surface area contributed by atoms with Crippen LogP contribution in [0.15, 0.2) is 41.9 Å². The van der Waals surface area contributed by atoms with E-state index >= 15 is 0 Å². The average molecular weight is 231 g/mol. The van der Waals surface area contributed by atoms with Gasteiger partial charge >= 0.3 is 5.97 Å². The number of ether oxygens (including phenoxy) is 1. The minimum Gasteiger partial charge on any atom is -0.506 e. The van der Waals surface area contributed by atoms with Crippen molar-refractivity contribution in [2.75, 3.05) is 0 Å². The number of aromatic hydroxyl groups is 1. The maximum Gasteiger partial charge on any atom is 0.359 e. The highest BCUT2D eigenvalue weighted by atomic mass is 16.5. The summed E-state index contributed by atoms with van der Waals surface area (Å²) in [5.41, 5.74) is -0.203. The third-order valence-corrected chi connectivity index (χ3v) is 2.25. The van der Waals surface area contributed by atoms with Crippen LogP contribution in [0.5, 0.6) is 5.75 Å². The van der Waals surface area contributed by atoms with Crippen LogP contribution in [0.3, 0.4) is 0 Å². The van der Waals surface area contributed by atoms with Gasteiger partial charge in [-0.25, -0.2) is 4.79 Å². The fourth-order valence-electron chi connectivity index (χ4n) is 1.51. The van der Waals surface area contributed by atoms with Gasteiger partial charge in [-0.2, -0.15) is 0 Å². The van der Waals surface area contributed by atoms with E-state index in [0.29, 0.717) is 5.39 Å². The topological polar surface area (TPSA) is 79.4 Å². The largest absolute Gasteiger partial charge is 0.506 e. The molecule has 0 radical (unpaired) electrons. The molecule has 5 heteroatoms. The van der Waals surface area contributed by atoms with E-state index < -0.39 is 5.97 Å². The molecule has 2 N–H and O–H groups in total. The van der Waals surface area contributed by atoms with Crippen molar-refractivity contribution in [1.82, 2.24) is 4.98 Å². The van der Waals surface area contributed by atoms with Crippen LogP contribution in [0.2, 0.25) is 0 Å². The second-order valence-corrected chi connectivity index (χ2v) is 3.32. The number of hydrogen-bond donors (Lipinski definition) is 2. The lowest BCUT2D eigenvalue weighted by Crippen LogP contribution is -2.10. The zero-order valence-corrected chi connectivity index (χ0v) is 8.77. The van der Waals surface area contributed by atoms with Crippen molar-refractivity contribution in [2.24, 2.45) is 0 Å². The number of benzene rings is 1. The first-order chi connectivity index (χ1) is 8.13. The van der Waals surface area contributed by atoms with Crippen LogP contribution >= 0.6 is 0 Å². The molecule has 86 valence electrons.